The van der Waals surface area contributed by atoms with Crippen LogP contribution >= 0.6 is 20.4 Å². The maximum atomic E-state index is 5.24. The number of benzene rings is 2. The Balaban J connectivity index is 0.000000550. The van der Waals surface area contributed by atoms with Crippen molar-refractivity contribution in [2.24, 2.45) is 4.99 Å². The van der Waals surface area contributed by atoms with Crippen molar-refractivity contribution >= 4 is 32.3 Å². The Labute approximate surface area is 127 Å². The molecule has 2 nitrogen and oxygen atoms in total. The molecule has 2 rings (SSSR count). The van der Waals surface area contributed by atoms with Gasteiger partial charge in [0, 0.05) is 11.8 Å². The van der Waals surface area contributed by atoms with Crippen molar-refractivity contribution in [3.05, 3.63) is 60.2 Å². The fourth-order valence-electron chi connectivity index (χ4n) is 1.43. The van der Waals surface area contributed by atoms with Gasteiger partial charge in [0.25, 0.3) is 0 Å². The second kappa shape index (κ2) is 9.85. The molecule has 19 heavy (non-hydrogen) atoms. The summed E-state index contributed by atoms with van der Waals surface area (Å²) >= 11 is 0.569. The summed E-state index contributed by atoms with van der Waals surface area (Å²) in [5.74, 6) is 0.835. The Bertz CT molecular complexity index is 506. The Morgan fingerprint density at radius 1 is 1.00 bits per heavy atom. The van der Waals surface area contributed by atoms with Crippen LogP contribution in [0.25, 0.3) is 0 Å². The van der Waals surface area contributed by atoms with E-state index in [-0.39, 0.29) is 0 Å². The van der Waals surface area contributed by atoms with Crippen molar-refractivity contribution in [1.29, 1.82) is 0 Å². The number of rotatable bonds is 3. The van der Waals surface area contributed by atoms with Gasteiger partial charge in [-0.3, -0.25) is 4.99 Å². The number of para-hydroxylation sites is 2. The van der Waals surface area contributed by atoms with Crippen LogP contribution in [0.15, 0.2) is 59.6 Å². The second-order valence-corrected chi connectivity index (χ2v) is 5.01. The molecule has 0 bridgehead atoms. The molecule has 0 unspecified atom stereocenters. The van der Waals surface area contributed by atoms with Crippen LogP contribution in [-0.2, 0) is 12.7 Å². The molecule has 0 radical (unpaired) electrons. The van der Waals surface area contributed by atoms with Gasteiger partial charge >= 0.3 is 33.0 Å². The Morgan fingerprint density at radius 2 is 1.58 bits per heavy atom. The molecular weight excluding hydrogens is 328 g/mol. The van der Waals surface area contributed by atoms with Gasteiger partial charge < -0.3 is 4.74 Å². The number of halogens is 2. The third-order valence-corrected chi connectivity index (χ3v) is 2.25. The number of methoxy groups -OCH3 is 1. The molecule has 2 aromatic carbocycles. The van der Waals surface area contributed by atoms with Gasteiger partial charge in [-0.05, 0) is 24.3 Å². The van der Waals surface area contributed by atoms with Crippen LogP contribution in [0.3, 0.4) is 0 Å². The number of ether oxygens (including phenoxy) is 1. The summed E-state index contributed by atoms with van der Waals surface area (Å²) in [6.45, 7) is 0. The van der Waals surface area contributed by atoms with Crippen LogP contribution in [-0.4, -0.2) is 13.3 Å². The summed E-state index contributed by atoms with van der Waals surface area (Å²) in [4.78, 5) is 4.38. The molecule has 0 N–H and O–H groups in total. The summed E-state index contributed by atoms with van der Waals surface area (Å²) in [7, 11) is 11.1. The quantitative estimate of drug-likeness (QED) is 0.579. The maximum absolute atomic E-state index is 5.24. The zero-order valence-corrected chi connectivity index (χ0v) is 12.7. The van der Waals surface area contributed by atoms with Gasteiger partial charge in [0.2, 0.25) is 0 Å². The Morgan fingerprint density at radius 3 is 2.21 bits per heavy atom. The monoisotopic (exact) mass is 339 g/mol. The summed E-state index contributed by atoms with van der Waals surface area (Å²) in [5, 5.41) is 0. The van der Waals surface area contributed by atoms with Crippen molar-refractivity contribution in [3.63, 3.8) is 0 Å². The number of hydrogen-bond acceptors (Lipinski definition) is 2. The zero-order chi connectivity index (χ0) is 13.9. The molecule has 0 heterocycles. The first kappa shape index (κ1) is 16.0. The molecule has 2 aromatic rings. The molecule has 0 amide bonds. The minimum absolute atomic E-state index is 0.569. The van der Waals surface area contributed by atoms with Gasteiger partial charge in [0.05, 0.1) is 12.8 Å². The van der Waals surface area contributed by atoms with E-state index in [0.717, 1.165) is 17.0 Å². The fraction of sp³-hybridized carbons (Fsp3) is 0.0714. The molecule has 0 spiro atoms. The summed E-state index contributed by atoms with van der Waals surface area (Å²) in [6, 6.07) is 17.6. The fourth-order valence-corrected chi connectivity index (χ4v) is 1.43. The van der Waals surface area contributed by atoms with E-state index in [9.17, 15) is 0 Å². The van der Waals surface area contributed by atoms with Crippen LogP contribution in [0.4, 0.5) is 5.69 Å². The van der Waals surface area contributed by atoms with Gasteiger partial charge in [-0.1, -0.05) is 30.3 Å². The Kier molecular flexibility index (Phi) is 8.32. The van der Waals surface area contributed by atoms with E-state index >= 15 is 0 Å². The van der Waals surface area contributed by atoms with Crippen LogP contribution in [0.5, 0.6) is 5.75 Å². The van der Waals surface area contributed by atoms with Gasteiger partial charge in [0.1, 0.15) is 5.75 Å². The van der Waals surface area contributed by atoms with E-state index in [1.807, 2.05) is 60.8 Å². The van der Waals surface area contributed by atoms with E-state index in [0.29, 0.717) is 12.7 Å². The van der Waals surface area contributed by atoms with Crippen molar-refractivity contribution in [2.45, 2.75) is 0 Å². The summed E-state index contributed by atoms with van der Waals surface area (Å²) in [5.41, 5.74) is 1.92. The van der Waals surface area contributed by atoms with Crippen LogP contribution in [0.1, 0.15) is 5.56 Å². The molecule has 0 atom stereocenters. The SMILES string of the molecule is COc1ccccc1C=Nc1ccccc1.[Cl][Ni][Cl]. The average Bonchev–Trinajstić information content (AvgIpc) is 2.47. The Hall–Kier alpha value is -1.02. The molecule has 0 saturated carbocycles. The topological polar surface area (TPSA) is 21.6 Å². The number of nitrogens with zero attached hydrogens (tertiary/aromatic N) is 1. The number of hydrogen-bond donors (Lipinski definition) is 0. The van der Waals surface area contributed by atoms with Crippen LogP contribution in [0, 0.1) is 0 Å². The minimum atomic E-state index is 0.569. The van der Waals surface area contributed by atoms with Crippen LogP contribution < -0.4 is 4.74 Å². The van der Waals surface area contributed by atoms with Gasteiger partial charge in [0.15, 0.2) is 0 Å². The first-order valence-electron chi connectivity index (χ1n) is 5.36. The molecule has 104 valence electrons. The normalized spacial score (nSPS) is 10.1. The van der Waals surface area contributed by atoms with Gasteiger partial charge in [-0.25, -0.2) is 0 Å². The molecular formula is C14H13Cl2NNiO. The molecule has 0 aliphatic rings. The summed E-state index contributed by atoms with van der Waals surface area (Å²) in [6.07, 6.45) is 1.81. The average molecular weight is 341 g/mol. The number of aliphatic imine (C=N–C) groups is 1. The second-order valence-electron chi connectivity index (χ2n) is 3.38. The van der Waals surface area contributed by atoms with Crippen molar-refractivity contribution in [1.82, 2.24) is 0 Å². The van der Waals surface area contributed by atoms with Gasteiger partial charge in [-0.15, -0.1) is 0 Å². The zero-order valence-electron chi connectivity index (χ0n) is 10.2. The molecule has 0 aliphatic heterocycles. The summed E-state index contributed by atoms with van der Waals surface area (Å²) < 4.78 is 5.24. The van der Waals surface area contributed by atoms with Crippen LogP contribution in [0.2, 0.25) is 0 Å². The first-order valence-corrected chi connectivity index (χ1v) is 8.08. The molecule has 0 aliphatic carbocycles. The molecule has 0 saturated heterocycles. The molecule has 0 fully saturated rings. The molecule has 0 aromatic heterocycles. The van der Waals surface area contributed by atoms with E-state index < -0.39 is 0 Å². The van der Waals surface area contributed by atoms with Crippen molar-refractivity contribution < 1.29 is 17.4 Å². The van der Waals surface area contributed by atoms with E-state index in [1.54, 1.807) is 7.11 Å². The first-order chi connectivity index (χ1) is 9.31. The van der Waals surface area contributed by atoms with E-state index in [2.05, 4.69) is 4.99 Å². The third kappa shape index (κ3) is 6.11. The standard InChI is InChI=1S/C14H13NO.2ClH.Ni/c1-16-14-10-6-5-7-12(14)11-15-13-8-3-2-4-9-13;;;/h2-11H,1H3;2*1H;/q;;;+2/p-2. The third-order valence-electron chi connectivity index (χ3n) is 2.25. The van der Waals surface area contributed by atoms with Crippen molar-refractivity contribution in [3.8, 4) is 5.75 Å². The van der Waals surface area contributed by atoms with Crippen molar-refractivity contribution in [2.75, 3.05) is 7.11 Å². The van der Waals surface area contributed by atoms with E-state index in [1.165, 1.54) is 0 Å². The predicted molar refractivity (Wildman–Crippen MR) is 78.4 cm³/mol. The van der Waals surface area contributed by atoms with Gasteiger partial charge in [-0.2, -0.15) is 0 Å². The predicted octanol–water partition coefficient (Wildman–Crippen LogP) is 4.82. The van der Waals surface area contributed by atoms with E-state index in [4.69, 9.17) is 25.1 Å². The molecule has 5 heteroatoms.